The lowest BCUT2D eigenvalue weighted by Crippen LogP contribution is -2.45. The maximum atomic E-state index is 12.3. The van der Waals surface area contributed by atoms with Gasteiger partial charge in [0.05, 0.1) is 6.54 Å². The van der Waals surface area contributed by atoms with Gasteiger partial charge in [0.1, 0.15) is 0 Å². The second kappa shape index (κ2) is 9.93. The molecule has 144 valence electrons. The number of nitrogens with one attached hydrogen (secondary N) is 2. The van der Waals surface area contributed by atoms with Crippen molar-refractivity contribution in [2.24, 2.45) is 11.8 Å². The van der Waals surface area contributed by atoms with Crippen molar-refractivity contribution in [3.05, 3.63) is 35.4 Å². The zero-order valence-electron chi connectivity index (χ0n) is 15.5. The quantitative estimate of drug-likeness (QED) is 0.764. The number of hydrogen-bond donors (Lipinski definition) is 2. The second-order valence-corrected chi connectivity index (χ2v) is 7.43. The van der Waals surface area contributed by atoms with Gasteiger partial charge >= 0.3 is 0 Å². The van der Waals surface area contributed by atoms with Gasteiger partial charge in [0.25, 0.3) is 0 Å². The predicted molar refractivity (Wildman–Crippen MR) is 105 cm³/mol. The average molecular weight is 380 g/mol. The van der Waals surface area contributed by atoms with Crippen LogP contribution in [0, 0.1) is 18.8 Å². The van der Waals surface area contributed by atoms with Crippen LogP contribution in [-0.4, -0.2) is 42.9 Å². The smallest absolute Gasteiger partial charge is 0.236 e. The monoisotopic (exact) mass is 379 g/mol. The molecule has 1 aliphatic heterocycles. The Labute approximate surface area is 162 Å². The van der Waals surface area contributed by atoms with E-state index < -0.39 is 0 Å². The molecule has 0 atom stereocenters. The molecule has 1 saturated carbocycles. The first kappa shape index (κ1) is 20.7. The summed E-state index contributed by atoms with van der Waals surface area (Å²) >= 11 is 0. The highest BCUT2D eigenvalue weighted by Crippen LogP contribution is 2.27. The molecule has 0 unspecified atom stereocenters. The third-order valence-corrected chi connectivity index (χ3v) is 5.21. The lowest BCUT2D eigenvalue weighted by Gasteiger charge is -2.31. The van der Waals surface area contributed by atoms with Gasteiger partial charge in [-0.15, -0.1) is 12.4 Å². The van der Waals surface area contributed by atoms with E-state index in [4.69, 9.17) is 0 Å². The molecule has 6 heteroatoms. The lowest BCUT2D eigenvalue weighted by atomic mass is 9.95. The largest absolute Gasteiger partial charge is 0.352 e. The molecule has 1 heterocycles. The molecule has 0 spiro atoms. The number of aryl methyl sites for hydroxylation is 1. The van der Waals surface area contributed by atoms with E-state index in [0.29, 0.717) is 26.2 Å². The fourth-order valence-corrected chi connectivity index (χ4v) is 3.25. The van der Waals surface area contributed by atoms with Crippen LogP contribution in [-0.2, 0) is 16.1 Å². The van der Waals surface area contributed by atoms with E-state index in [1.54, 1.807) is 0 Å². The molecule has 3 rings (SSSR count). The van der Waals surface area contributed by atoms with Crippen molar-refractivity contribution in [2.45, 2.75) is 39.2 Å². The minimum atomic E-state index is 0. The summed E-state index contributed by atoms with van der Waals surface area (Å²) < 4.78 is 0. The molecule has 0 bridgehead atoms. The Kier molecular flexibility index (Phi) is 7.91. The van der Waals surface area contributed by atoms with Crippen LogP contribution in [0.1, 0.15) is 36.8 Å². The predicted octanol–water partition coefficient (Wildman–Crippen LogP) is 2.27. The van der Waals surface area contributed by atoms with Gasteiger partial charge in [-0.1, -0.05) is 29.8 Å². The van der Waals surface area contributed by atoms with Gasteiger partial charge in [0.15, 0.2) is 0 Å². The number of likely N-dealkylation sites (tertiary alicyclic amines) is 1. The molecule has 0 radical (unpaired) electrons. The number of carbonyl (C=O) groups excluding carboxylic acids is 2. The van der Waals surface area contributed by atoms with Crippen LogP contribution in [0.4, 0.5) is 0 Å². The highest BCUT2D eigenvalue weighted by Gasteiger charge is 2.27. The van der Waals surface area contributed by atoms with Crippen molar-refractivity contribution < 1.29 is 9.59 Å². The van der Waals surface area contributed by atoms with Crippen LogP contribution in [0.3, 0.4) is 0 Å². The van der Waals surface area contributed by atoms with E-state index >= 15 is 0 Å². The zero-order valence-corrected chi connectivity index (χ0v) is 16.3. The lowest BCUT2D eigenvalue weighted by molar-refractivity contribution is -0.135. The Balaban J connectivity index is 0.00000243. The molecule has 0 aromatic heterocycles. The Morgan fingerprint density at radius 1 is 1.08 bits per heavy atom. The van der Waals surface area contributed by atoms with Gasteiger partial charge in [-0.2, -0.15) is 0 Å². The van der Waals surface area contributed by atoms with Crippen molar-refractivity contribution in [2.75, 3.05) is 26.2 Å². The molecular formula is C20H30ClN3O2. The number of piperidine rings is 1. The van der Waals surface area contributed by atoms with Crippen LogP contribution < -0.4 is 10.6 Å². The van der Waals surface area contributed by atoms with E-state index in [1.807, 2.05) is 17.0 Å². The summed E-state index contributed by atoms with van der Waals surface area (Å²) in [4.78, 5) is 26.4. The number of carbonyl (C=O) groups is 2. The molecule has 2 aliphatic rings. The number of benzene rings is 1. The van der Waals surface area contributed by atoms with Crippen molar-refractivity contribution >= 4 is 24.2 Å². The van der Waals surface area contributed by atoms with Gasteiger partial charge in [-0.25, -0.2) is 0 Å². The van der Waals surface area contributed by atoms with Crippen molar-refractivity contribution in [3.8, 4) is 0 Å². The first-order chi connectivity index (χ1) is 12.1. The standard InChI is InChI=1S/C20H29N3O2.ClH/c1-15-2-4-17(5-3-15)13-22-20(25)18-8-10-23(11-9-18)19(24)14-21-12-16-6-7-16;/h2-5,16,18,21H,6-14H2,1H3,(H,22,25);1H. The normalized spacial score (nSPS) is 17.5. The minimum Gasteiger partial charge on any atom is -0.352 e. The topological polar surface area (TPSA) is 61.4 Å². The molecule has 1 aromatic carbocycles. The Hall–Kier alpha value is -1.59. The van der Waals surface area contributed by atoms with E-state index in [0.717, 1.165) is 30.9 Å². The summed E-state index contributed by atoms with van der Waals surface area (Å²) in [5.41, 5.74) is 2.34. The molecule has 2 fully saturated rings. The van der Waals surface area contributed by atoms with Crippen LogP contribution >= 0.6 is 12.4 Å². The summed E-state index contributed by atoms with van der Waals surface area (Å²) in [7, 11) is 0. The minimum absolute atomic E-state index is 0. The second-order valence-electron chi connectivity index (χ2n) is 7.43. The highest BCUT2D eigenvalue weighted by molar-refractivity contribution is 5.85. The Morgan fingerprint density at radius 3 is 2.35 bits per heavy atom. The SMILES string of the molecule is Cc1ccc(CNC(=O)C2CCN(C(=O)CNCC3CC3)CC2)cc1.Cl. The van der Waals surface area contributed by atoms with Gasteiger partial charge in [-0.3, -0.25) is 9.59 Å². The number of rotatable bonds is 7. The summed E-state index contributed by atoms with van der Waals surface area (Å²) in [5.74, 6) is 1.09. The average Bonchev–Trinajstić information content (AvgIpc) is 3.45. The number of halogens is 1. The summed E-state index contributed by atoms with van der Waals surface area (Å²) in [6, 6.07) is 8.21. The van der Waals surface area contributed by atoms with E-state index in [9.17, 15) is 9.59 Å². The fraction of sp³-hybridized carbons (Fsp3) is 0.600. The Bertz CT molecular complexity index is 594. The summed E-state index contributed by atoms with van der Waals surface area (Å²) in [6.45, 7) is 5.39. The number of amides is 2. The van der Waals surface area contributed by atoms with Gasteiger partial charge < -0.3 is 15.5 Å². The first-order valence-electron chi connectivity index (χ1n) is 9.43. The van der Waals surface area contributed by atoms with E-state index in [-0.39, 0.29) is 30.1 Å². The molecule has 1 saturated heterocycles. The van der Waals surface area contributed by atoms with Crippen LogP contribution in [0.5, 0.6) is 0 Å². The third-order valence-electron chi connectivity index (χ3n) is 5.21. The molecule has 1 aromatic rings. The third kappa shape index (κ3) is 6.29. The number of hydrogen-bond acceptors (Lipinski definition) is 3. The molecule has 26 heavy (non-hydrogen) atoms. The Morgan fingerprint density at radius 2 is 1.73 bits per heavy atom. The van der Waals surface area contributed by atoms with Crippen LogP contribution in [0.15, 0.2) is 24.3 Å². The van der Waals surface area contributed by atoms with Gasteiger partial charge in [0, 0.05) is 25.6 Å². The molecular weight excluding hydrogens is 350 g/mol. The van der Waals surface area contributed by atoms with E-state index in [1.165, 1.54) is 18.4 Å². The van der Waals surface area contributed by atoms with Crippen molar-refractivity contribution in [1.82, 2.24) is 15.5 Å². The van der Waals surface area contributed by atoms with Crippen LogP contribution in [0.2, 0.25) is 0 Å². The number of nitrogens with zero attached hydrogens (tertiary/aromatic N) is 1. The van der Waals surface area contributed by atoms with Crippen molar-refractivity contribution in [1.29, 1.82) is 0 Å². The van der Waals surface area contributed by atoms with Gasteiger partial charge in [0.2, 0.25) is 11.8 Å². The highest BCUT2D eigenvalue weighted by atomic mass is 35.5. The maximum absolute atomic E-state index is 12.3. The van der Waals surface area contributed by atoms with Crippen molar-refractivity contribution in [3.63, 3.8) is 0 Å². The zero-order chi connectivity index (χ0) is 17.6. The van der Waals surface area contributed by atoms with Gasteiger partial charge in [-0.05, 0) is 50.6 Å². The summed E-state index contributed by atoms with van der Waals surface area (Å²) in [6.07, 6.45) is 4.11. The molecule has 5 nitrogen and oxygen atoms in total. The summed E-state index contributed by atoms with van der Waals surface area (Å²) in [5, 5.41) is 6.28. The molecule has 2 N–H and O–H groups in total. The molecule has 1 aliphatic carbocycles. The maximum Gasteiger partial charge on any atom is 0.236 e. The van der Waals surface area contributed by atoms with E-state index in [2.05, 4.69) is 29.7 Å². The fourth-order valence-electron chi connectivity index (χ4n) is 3.25. The first-order valence-corrected chi connectivity index (χ1v) is 9.43. The van der Waals surface area contributed by atoms with Crippen LogP contribution in [0.25, 0.3) is 0 Å². The molecule has 2 amide bonds.